The lowest BCUT2D eigenvalue weighted by Crippen LogP contribution is -2.42. The van der Waals surface area contributed by atoms with Crippen LogP contribution in [0.5, 0.6) is 5.75 Å². The van der Waals surface area contributed by atoms with Gasteiger partial charge in [-0.3, -0.25) is 4.79 Å². The Balaban J connectivity index is 2.79. The van der Waals surface area contributed by atoms with Crippen molar-refractivity contribution in [3.05, 3.63) is 23.2 Å². The molecule has 6 heteroatoms. The molecule has 0 aromatic heterocycles. The van der Waals surface area contributed by atoms with Crippen LogP contribution < -0.4 is 10.1 Å². The summed E-state index contributed by atoms with van der Waals surface area (Å²) in [5.74, 6) is 0.401. The van der Waals surface area contributed by atoms with Gasteiger partial charge in [0, 0.05) is 19.4 Å². The zero-order valence-corrected chi connectivity index (χ0v) is 17.3. The number of carbonyl (C=O) groups excluding carboxylic acids is 1. The number of methoxy groups -OCH3 is 1. The third kappa shape index (κ3) is 7.14. The van der Waals surface area contributed by atoms with E-state index in [1.165, 1.54) is 0 Å². The van der Waals surface area contributed by atoms with Gasteiger partial charge in [0.2, 0.25) is 0 Å². The number of benzene rings is 1. The van der Waals surface area contributed by atoms with E-state index < -0.39 is 5.60 Å². The van der Waals surface area contributed by atoms with Crippen LogP contribution in [0.3, 0.4) is 0 Å². The monoisotopic (exact) mass is 385 g/mol. The lowest BCUT2D eigenvalue weighted by molar-refractivity contribution is -0.139. The topological polar surface area (TPSA) is 56.8 Å². The Labute approximate surface area is 162 Å². The molecule has 0 aliphatic heterocycles. The summed E-state index contributed by atoms with van der Waals surface area (Å²) in [6.45, 7) is 8.74. The zero-order valence-electron chi connectivity index (χ0n) is 16.6. The van der Waals surface area contributed by atoms with E-state index in [9.17, 15) is 4.79 Å². The predicted molar refractivity (Wildman–Crippen MR) is 106 cm³/mol. The minimum absolute atomic E-state index is 0.113. The SMILES string of the molecule is CCCCC[C@](C)(OCC)C(=O)Nc1ccc(O[C@@H](C)COC)c(Cl)c1. The van der Waals surface area contributed by atoms with Gasteiger partial charge in [0.05, 0.1) is 11.6 Å². The molecule has 0 saturated carbocycles. The summed E-state index contributed by atoms with van der Waals surface area (Å²) in [7, 11) is 1.62. The fourth-order valence-corrected chi connectivity index (χ4v) is 2.93. The second-order valence-electron chi connectivity index (χ2n) is 6.60. The average Bonchev–Trinajstić information content (AvgIpc) is 2.58. The van der Waals surface area contributed by atoms with Gasteiger partial charge in [-0.25, -0.2) is 0 Å². The fourth-order valence-electron chi connectivity index (χ4n) is 2.71. The molecule has 5 nitrogen and oxygen atoms in total. The van der Waals surface area contributed by atoms with Gasteiger partial charge in [-0.1, -0.05) is 37.8 Å². The second-order valence-corrected chi connectivity index (χ2v) is 7.01. The molecule has 0 bridgehead atoms. The number of hydrogen-bond donors (Lipinski definition) is 1. The van der Waals surface area contributed by atoms with E-state index in [2.05, 4.69) is 12.2 Å². The molecule has 0 radical (unpaired) electrons. The third-order valence-corrected chi connectivity index (χ3v) is 4.42. The van der Waals surface area contributed by atoms with Crippen LogP contribution >= 0.6 is 11.6 Å². The summed E-state index contributed by atoms with van der Waals surface area (Å²) in [6, 6.07) is 5.21. The summed E-state index contributed by atoms with van der Waals surface area (Å²) in [5, 5.41) is 3.35. The summed E-state index contributed by atoms with van der Waals surface area (Å²) in [5.41, 5.74) is -0.230. The average molecular weight is 386 g/mol. The highest BCUT2D eigenvalue weighted by atomic mass is 35.5. The summed E-state index contributed by atoms with van der Waals surface area (Å²) >= 11 is 6.29. The summed E-state index contributed by atoms with van der Waals surface area (Å²) < 4.78 is 16.5. The van der Waals surface area contributed by atoms with Crippen molar-refractivity contribution in [1.29, 1.82) is 0 Å². The smallest absolute Gasteiger partial charge is 0.256 e. The van der Waals surface area contributed by atoms with Gasteiger partial charge in [-0.2, -0.15) is 0 Å². The van der Waals surface area contributed by atoms with Crippen LogP contribution in [0.1, 0.15) is 53.4 Å². The van der Waals surface area contributed by atoms with Crippen LogP contribution in [0.4, 0.5) is 5.69 Å². The van der Waals surface area contributed by atoms with Crippen molar-refractivity contribution in [2.24, 2.45) is 0 Å². The second kappa shape index (κ2) is 11.4. The number of nitrogens with one attached hydrogen (secondary N) is 1. The number of anilines is 1. The van der Waals surface area contributed by atoms with Crippen molar-refractivity contribution in [3.8, 4) is 5.75 Å². The molecule has 1 aromatic rings. The Morgan fingerprint density at radius 1 is 1.31 bits per heavy atom. The maximum atomic E-state index is 12.8. The van der Waals surface area contributed by atoms with Gasteiger partial charge in [0.15, 0.2) is 0 Å². The first-order valence-electron chi connectivity index (χ1n) is 9.26. The molecule has 0 aliphatic rings. The Bertz CT molecular complexity index is 567. The Morgan fingerprint density at radius 2 is 2.04 bits per heavy atom. The minimum Gasteiger partial charge on any atom is -0.487 e. The first kappa shape index (κ1) is 22.7. The van der Waals surface area contributed by atoms with Crippen LogP contribution in [-0.2, 0) is 14.3 Å². The molecule has 0 spiro atoms. The van der Waals surface area contributed by atoms with E-state index in [1.807, 2.05) is 20.8 Å². The lowest BCUT2D eigenvalue weighted by Gasteiger charge is -2.28. The van der Waals surface area contributed by atoms with E-state index in [-0.39, 0.29) is 12.0 Å². The van der Waals surface area contributed by atoms with Crippen molar-refractivity contribution >= 4 is 23.2 Å². The number of ether oxygens (including phenoxy) is 3. The number of carbonyl (C=O) groups is 1. The Morgan fingerprint density at radius 3 is 2.62 bits per heavy atom. The van der Waals surface area contributed by atoms with Gasteiger partial charge in [0.25, 0.3) is 5.91 Å². The minimum atomic E-state index is -0.849. The maximum absolute atomic E-state index is 12.8. The first-order valence-corrected chi connectivity index (χ1v) is 9.64. The highest BCUT2D eigenvalue weighted by molar-refractivity contribution is 6.32. The molecule has 148 valence electrons. The molecule has 1 N–H and O–H groups in total. The van der Waals surface area contributed by atoms with Crippen LogP contribution in [0.25, 0.3) is 0 Å². The summed E-state index contributed by atoms with van der Waals surface area (Å²) in [4.78, 5) is 12.8. The van der Waals surface area contributed by atoms with Crippen LogP contribution in [0.2, 0.25) is 5.02 Å². The molecule has 0 heterocycles. The molecule has 1 aromatic carbocycles. The standard InChI is InChI=1S/C20H32ClNO4/c1-6-8-9-12-20(4,25-7-2)19(23)22-16-10-11-18(17(21)13-16)26-15(3)14-24-5/h10-11,13,15H,6-9,12,14H2,1-5H3,(H,22,23)/t15-,20-/m0/s1. The lowest BCUT2D eigenvalue weighted by atomic mass is 9.96. The van der Waals surface area contributed by atoms with E-state index in [0.717, 1.165) is 19.3 Å². The highest BCUT2D eigenvalue weighted by Crippen LogP contribution is 2.30. The highest BCUT2D eigenvalue weighted by Gasteiger charge is 2.33. The Kier molecular flexibility index (Phi) is 9.99. The van der Waals surface area contributed by atoms with Crippen molar-refractivity contribution in [3.63, 3.8) is 0 Å². The van der Waals surface area contributed by atoms with Crippen molar-refractivity contribution < 1.29 is 19.0 Å². The van der Waals surface area contributed by atoms with Gasteiger partial charge in [-0.15, -0.1) is 0 Å². The molecule has 0 unspecified atom stereocenters. The van der Waals surface area contributed by atoms with Crippen molar-refractivity contribution in [2.75, 3.05) is 25.6 Å². The van der Waals surface area contributed by atoms with Crippen LogP contribution in [0, 0.1) is 0 Å². The largest absolute Gasteiger partial charge is 0.487 e. The number of amides is 1. The molecule has 1 rings (SSSR count). The van der Waals surface area contributed by atoms with Crippen molar-refractivity contribution in [1.82, 2.24) is 0 Å². The van der Waals surface area contributed by atoms with E-state index in [0.29, 0.717) is 36.1 Å². The summed E-state index contributed by atoms with van der Waals surface area (Å²) in [6.07, 6.45) is 3.70. The number of hydrogen-bond acceptors (Lipinski definition) is 4. The van der Waals surface area contributed by atoms with Gasteiger partial charge in [-0.05, 0) is 45.4 Å². The third-order valence-electron chi connectivity index (χ3n) is 4.12. The Hall–Kier alpha value is -1.30. The van der Waals surface area contributed by atoms with Gasteiger partial charge >= 0.3 is 0 Å². The molecule has 0 aliphatic carbocycles. The number of rotatable bonds is 12. The molecular formula is C20H32ClNO4. The van der Waals surface area contributed by atoms with Gasteiger partial charge < -0.3 is 19.5 Å². The predicted octanol–water partition coefficient (Wildman–Crippen LogP) is 5.07. The molecular weight excluding hydrogens is 354 g/mol. The van der Waals surface area contributed by atoms with E-state index in [4.69, 9.17) is 25.8 Å². The maximum Gasteiger partial charge on any atom is 0.256 e. The van der Waals surface area contributed by atoms with E-state index >= 15 is 0 Å². The van der Waals surface area contributed by atoms with Crippen molar-refractivity contribution in [2.45, 2.75) is 65.1 Å². The van der Waals surface area contributed by atoms with E-state index in [1.54, 1.807) is 25.3 Å². The van der Waals surface area contributed by atoms with Gasteiger partial charge in [0.1, 0.15) is 17.5 Å². The van der Waals surface area contributed by atoms with Crippen LogP contribution in [-0.4, -0.2) is 37.9 Å². The molecule has 1 amide bonds. The molecule has 26 heavy (non-hydrogen) atoms. The van der Waals surface area contributed by atoms with Crippen LogP contribution in [0.15, 0.2) is 18.2 Å². The zero-order chi connectivity index (χ0) is 19.6. The molecule has 0 fully saturated rings. The first-order chi connectivity index (χ1) is 12.4. The number of halogens is 1. The fraction of sp³-hybridized carbons (Fsp3) is 0.650. The molecule has 2 atom stereocenters. The molecule has 0 saturated heterocycles. The number of unbranched alkanes of at least 4 members (excludes halogenated alkanes) is 2. The quantitative estimate of drug-likeness (QED) is 0.510. The normalized spacial score (nSPS) is 14.5.